The lowest BCUT2D eigenvalue weighted by molar-refractivity contribution is 0.269. The van der Waals surface area contributed by atoms with Gasteiger partial charge in [-0.2, -0.15) is 4.31 Å². The Hall–Kier alpha value is -0.580. The molecule has 0 bridgehead atoms. The van der Waals surface area contributed by atoms with Gasteiger partial charge >= 0.3 is 0 Å². The summed E-state index contributed by atoms with van der Waals surface area (Å²) in [5, 5.41) is 0.499. The van der Waals surface area contributed by atoms with Gasteiger partial charge in [0, 0.05) is 17.1 Å². The third-order valence-corrected chi connectivity index (χ3v) is 6.64. The smallest absolute Gasteiger partial charge is 0.207 e. The van der Waals surface area contributed by atoms with Crippen LogP contribution in [-0.4, -0.2) is 24.8 Å². The fourth-order valence-electron chi connectivity index (χ4n) is 2.35. The Bertz CT molecular complexity index is 594. The van der Waals surface area contributed by atoms with E-state index < -0.39 is 10.0 Å². The van der Waals surface area contributed by atoms with Crippen LogP contribution in [0.3, 0.4) is 0 Å². The molecule has 1 aromatic rings. The molecule has 1 atom stereocenters. The largest absolute Gasteiger partial charge is 0.243 e. The number of hydrogen-bond acceptors (Lipinski definition) is 2. The second-order valence-corrected chi connectivity index (χ2v) is 8.13. The van der Waals surface area contributed by atoms with Gasteiger partial charge in [-0.3, -0.25) is 0 Å². The van der Waals surface area contributed by atoms with Crippen LogP contribution >= 0.6 is 11.6 Å². The Morgan fingerprint density at radius 1 is 1.25 bits per heavy atom. The lowest BCUT2D eigenvalue weighted by Gasteiger charge is -2.31. The second kappa shape index (κ2) is 5.66. The molecule has 1 aliphatic rings. The van der Waals surface area contributed by atoms with Crippen LogP contribution < -0.4 is 0 Å². The predicted molar refractivity (Wildman–Crippen MR) is 82.5 cm³/mol. The van der Waals surface area contributed by atoms with E-state index in [2.05, 4.69) is 13.8 Å². The van der Waals surface area contributed by atoms with E-state index in [0.29, 0.717) is 15.5 Å². The zero-order chi connectivity index (χ0) is 15.1. The summed E-state index contributed by atoms with van der Waals surface area (Å²) in [6, 6.07) is 5.22. The molecule has 3 nitrogen and oxygen atoms in total. The van der Waals surface area contributed by atoms with Crippen LogP contribution in [0.15, 0.2) is 23.1 Å². The molecular formula is C15H22ClNO2S. The molecule has 0 radical (unpaired) electrons. The molecule has 1 saturated carbocycles. The summed E-state index contributed by atoms with van der Waals surface area (Å²) < 4.78 is 27.7. The summed E-state index contributed by atoms with van der Waals surface area (Å²) in [6.07, 6.45) is 1.91. The Morgan fingerprint density at radius 2 is 1.85 bits per heavy atom. The molecule has 0 saturated heterocycles. The zero-order valence-corrected chi connectivity index (χ0v) is 14.0. The molecule has 0 aromatic heterocycles. The summed E-state index contributed by atoms with van der Waals surface area (Å²) in [4.78, 5) is 0.337. The maximum absolute atomic E-state index is 13.0. The van der Waals surface area contributed by atoms with Crippen LogP contribution in [0.2, 0.25) is 5.02 Å². The van der Waals surface area contributed by atoms with Gasteiger partial charge in [-0.05, 0) is 50.3 Å². The van der Waals surface area contributed by atoms with Crippen LogP contribution in [0, 0.1) is 12.8 Å². The molecule has 1 aromatic carbocycles. The van der Waals surface area contributed by atoms with Gasteiger partial charge in [0.1, 0.15) is 0 Å². The normalized spacial score (nSPS) is 17.8. The summed E-state index contributed by atoms with van der Waals surface area (Å²) in [7, 11) is -3.49. The van der Waals surface area contributed by atoms with Crippen molar-refractivity contribution < 1.29 is 8.42 Å². The van der Waals surface area contributed by atoms with Crippen molar-refractivity contribution in [2.24, 2.45) is 5.92 Å². The molecule has 112 valence electrons. The van der Waals surface area contributed by atoms with Crippen molar-refractivity contribution in [3.05, 3.63) is 28.8 Å². The molecule has 0 spiro atoms. The summed E-state index contributed by atoms with van der Waals surface area (Å²) >= 11 is 6.08. The average Bonchev–Trinajstić information content (AvgIpc) is 3.16. The van der Waals surface area contributed by atoms with Gasteiger partial charge in [0.05, 0.1) is 4.90 Å². The van der Waals surface area contributed by atoms with Crippen molar-refractivity contribution in [3.63, 3.8) is 0 Å². The number of benzene rings is 1. The number of halogens is 1. The molecule has 2 rings (SSSR count). The summed E-state index contributed by atoms with van der Waals surface area (Å²) in [6.45, 7) is 7.86. The number of rotatable bonds is 5. The molecule has 0 heterocycles. The molecule has 1 unspecified atom stereocenters. The van der Waals surface area contributed by atoms with Crippen molar-refractivity contribution in [2.75, 3.05) is 0 Å². The van der Waals surface area contributed by atoms with Gasteiger partial charge in [0.25, 0.3) is 0 Å². The topological polar surface area (TPSA) is 37.4 Å². The Morgan fingerprint density at radius 3 is 2.35 bits per heavy atom. The van der Waals surface area contributed by atoms with Gasteiger partial charge in [-0.1, -0.05) is 31.5 Å². The third kappa shape index (κ3) is 2.87. The van der Waals surface area contributed by atoms with E-state index in [4.69, 9.17) is 11.6 Å². The fraction of sp³-hybridized carbons (Fsp3) is 0.600. The summed E-state index contributed by atoms with van der Waals surface area (Å²) in [5.74, 6) is 0.282. The van der Waals surface area contributed by atoms with Gasteiger partial charge in [0.15, 0.2) is 0 Å². The molecule has 1 aliphatic carbocycles. The SMILES string of the molecule is Cc1c(Cl)cccc1S(=O)(=O)N(C1CC1)C(C)C(C)C. The molecule has 1 fully saturated rings. The molecule has 0 amide bonds. The van der Waals surface area contributed by atoms with Crippen LogP contribution in [-0.2, 0) is 10.0 Å². The highest BCUT2D eigenvalue weighted by molar-refractivity contribution is 7.89. The Balaban J connectivity index is 2.48. The molecule has 20 heavy (non-hydrogen) atoms. The van der Waals surface area contributed by atoms with E-state index >= 15 is 0 Å². The fourth-order valence-corrected chi connectivity index (χ4v) is 4.84. The quantitative estimate of drug-likeness (QED) is 0.827. The van der Waals surface area contributed by atoms with E-state index in [9.17, 15) is 8.42 Å². The monoisotopic (exact) mass is 315 g/mol. The lowest BCUT2D eigenvalue weighted by Crippen LogP contribution is -2.43. The van der Waals surface area contributed by atoms with E-state index in [1.165, 1.54) is 0 Å². The Labute approximate surface area is 127 Å². The standard InChI is InChI=1S/C15H22ClNO2S/c1-10(2)12(4)17(13-8-9-13)20(18,19)15-7-5-6-14(16)11(15)3/h5-7,10,12-13H,8-9H2,1-4H3. The third-order valence-electron chi connectivity index (χ3n) is 4.05. The molecule has 5 heteroatoms. The Kier molecular flexibility index (Phi) is 4.47. The number of nitrogens with zero attached hydrogens (tertiary/aromatic N) is 1. The van der Waals surface area contributed by atoms with Crippen molar-refractivity contribution in [1.29, 1.82) is 0 Å². The zero-order valence-electron chi connectivity index (χ0n) is 12.4. The van der Waals surface area contributed by atoms with E-state index in [1.807, 2.05) is 6.92 Å². The maximum Gasteiger partial charge on any atom is 0.243 e. The van der Waals surface area contributed by atoms with E-state index in [0.717, 1.165) is 12.8 Å². The van der Waals surface area contributed by atoms with Gasteiger partial charge in [-0.15, -0.1) is 0 Å². The highest BCUT2D eigenvalue weighted by Crippen LogP contribution is 2.37. The maximum atomic E-state index is 13.0. The first-order valence-corrected chi connectivity index (χ1v) is 8.87. The van der Waals surface area contributed by atoms with Crippen molar-refractivity contribution >= 4 is 21.6 Å². The van der Waals surface area contributed by atoms with Crippen LogP contribution in [0.4, 0.5) is 0 Å². The summed E-state index contributed by atoms with van der Waals surface area (Å²) in [5.41, 5.74) is 0.635. The minimum Gasteiger partial charge on any atom is -0.207 e. The van der Waals surface area contributed by atoms with Crippen molar-refractivity contribution in [3.8, 4) is 0 Å². The first-order chi connectivity index (χ1) is 9.26. The highest BCUT2D eigenvalue weighted by atomic mass is 35.5. The molecular weight excluding hydrogens is 294 g/mol. The van der Waals surface area contributed by atoms with Crippen molar-refractivity contribution in [1.82, 2.24) is 4.31 Å². The minimum absolute atomic E-state index is 0.00844. The van der Waals surface area contributed by atoms with E-state index in [-0.39, 0.29) is 18.0 Å². The van der Waals surface area contributed by atoms with Crippen LogP contribution in [0.5, 0.6) is 0 Å². The van der Waals surface area contributed by atoms with Crippen LogP contribution in [0.1, 0.15) is 39.2 Å². The average molecular weight is 316 g/mol. The molecule has 0 N–H and O–H groups in total. The van der Waals surface area contributed by atoms with Crippen molar-refractivity contribution in [2.45, 2.75) is 57.5 Å². The predicted octanol–water partition coefficient (Wildman–Crippen LogP) is 3.85. The first-order valence-electron chi connectivity index (χ1n) is 7.05. The van der Waals surface area contributed by atoms with Gasteiger partial charge in [0.2, 0.25) is 10.0 Å². The van der Waals surface area contributed by atoms with Crippen LogP contribution in [0.25, 0.3) is 0 Å². The minimum atomic E-state index is -3.49. The van der Waals surface area contributed by atoms with Gasteiger partial charge in [-0.25, -0.2) is 8.42 Å². The number of hydrogen-bond donors (Lipinski definition) is 0. The number of sulfonamides is 1. The molecule has 0 aliphatic heterocycles. The van der Waals surface area contributed by atoms with E-state index in [1.54, 1.807) is 29.4 Å². The highest BCUT2D eigenvalue weighted by Gasteiger charge is 2.42. The second-order valence-electron chi connectivity index (χ2n) is 5.91. The van der Waals surface area contributed by atoms with Gasteiger partial charge < -0.3 is 0 Å². The lowest BCUT2D eigenvalue weighted by atomic mass is 10.1. The first kappa shape index (κ1) is 15.8.